The number of ether oxygens (including phenoxy) is 1. The highest BCUT2D eigenvalue weighted by Crippen LogP contribution is 2.33. The number of para-hydroxylation sites is 2. The largest absolute Gasteiger partial charge is 0.456 e. The van der Waals surface area contributed by atoms with E-state index in [1.807, 2.05) is 54.6 Å². The molecule has 6 heteroatoms. The molecule has 1 N–H and O–H groups in total. The standard InChI is InChI=1S/C22H19N3O3/c1-23-21(26)20-13-15-7-5-6-10-19(15)25(20)22(27)18-12-11-17(14-24-18)28-16-8-3-2-4-9-16/h2-12,14,20H,13H2,1H3,(H,23,26). The first-order valence-electron chi connectivity index (χ1n) is 8.99. The zero-order valence-electron chi connectivity index (χ0n) is 15.3. The summed E-state index contributed by atoms with van der Waals surface area (Å²) in [6.07, 6.45) is 1.99. The second kappa shape index (κ2) is 7.52. The minimum Gasteiger partial charge on any atom is -0.456 e. The summed E-state index contributed by atoms with van der Waals surface area (Å²) in [7, 11) is 1.57. The molecule has 1 aliphatic heterocycles. The van der Waals surface area contributed by atoms with Crippen LogP contribution in [0.2, 0.25) is 0 Å². The van der Waals surface area contributed by atoms with Crippen LogP contribution in [0.1, 0.15) is 16.1 Å². The summed E-state index contributed by atoms with van der Waals surface area (Å²) in [6, 6.07) is 19.6. The molecule has 1 atom stereocenters. The molecule has 1 unspecified atom stereocenters. The van der Waals surface area contributed by atoms with Crippen molar-refractivity contribution in [1.82, 2.24) is 10.3 Å². The van der Waals surface area contributed by atoms with Gasteiger partial charge < -0.3 is 10.1 Å². The van der Waals surface area contributed by atoms with Crippen molar-refractivity contribution in [3.05, 3.63) is 84.2 Å². The Balaban J connectivity index is 1.59. The summed E-state index contributed by atoms with van der Waals surface area (Å²) in [5.41, 5.74) is 1.96. The molecule has 2 amide bonds. The molecule has 0 spiro atoms. The number of aromatic nitrogens is 1. The molecule has 6 nitrogen and oxygen atoms in total. The number of fused-ring (bicyclic) bond motifs is 1. The van der Waals surface area contributed by atoms with Crippen LogP contribution in [0.15, 0.2) is 72.9 Å². The topological polar surface area (TPSA) is 71.5 Å². The maximum Gasteiger partial charge on any atom is 0.277 e. The Bertz CT molecular complexity index is 1000. The normalized spacial score (nSPS) is 15.0. The summed E-state index contributed by atoms with van der Waals surface area (Å²) in [4.78, 5) is 31.3. The Hall–Kier alpha value is -3.67. The van der Waals surface area contributed by atoms with Crippen molar-refractivity contribution in [2.45, 2.75) is 12.5 Å². The number of nitrogens with one attached hydrogen (secondary N) is 1. The number of carbonyl (C=O) groups is 2. The number of hydrogen-bond donors (Lipinski definition) is 1. The first-order valence-corrected chi connectivity index (χ1v) is 8.99. The van der Waals surface area contributed by atoms with Gasteiger partial charge in [0.05, 0.1) is 6.20 Å². The second-order valence-corrected chi connectivity index (χ2v) is 6.43. The molecule has 1 aliphatic rings. The fourth-order valence-corrected chi connectivity index (χ4v) is 3.33. The third-order valence-electron chi connectivity index (χ3n) is 4.68. The minimum atomic E-state index is -0.586. The second-order valence-electron chi connectivity index (χ2n) is 6.43. The van der Waals surface area contributed by atoms with Crippen LogP contribution in [0.3, 0.4) is 0 Å². The Kier molecular flexibility index (Phi) is 4.76. The van der Waals surface area contributed by atoms with Crippen LogP contribution in [0.4, 0.5) is 5.69 Å². The molecule has 0 radical (unpaired) electrons. The molecule has 2 aromatic carbocycles. The predicted octanol–water partition coefficient (Wildman–Crippen LogP) is 3.19. The molecule has 4 rings (SSSR count). The Morgan fingerprint density at radius 2 is 1.75 bits per heavy atom. The molecule has 0 saturated heterocycles. The van der Waals surface area contributed by atoms with Gasteiger partial charge in [-0.25, -0.2) is 4.98 Å². The minimum absolute atomic E-state index is 0.200. The lowest BCUT2D eigenvalue weighted by Crippen LogP contribution is -2.47. The van der Waals surface area contributed by atoms with E-state index in [0.717, 1.165) is 11.3 Å². The van der Waals surface area contributed by atoms with E-state index in [9.17, 15) is 9.59 Å². The summed E-state index contributed by atoms with van der Waals surface area (Å²) in [6.45, 7) is 0. The van der Waals surface area contributed by atoms with Gasteiger partial charge in [-0.1, -0.05) is 36.4 Å². The van der Waals surface area contributed by atoms with Crippen LogP contribution >= 0.6 is 0 Å². The van der Waals surface area contributed by atoms with E-state index in [1.165, 1.54) is 11.1 Å². The highest BCUT2D eigenvalue weighted by molar-refractivity contribution is 6.10. The van der Waals surface area contributed by atoms with Crippen molar-refractivity contribution in [2.24, 2.45) is 0 Å². The third kappa shape index (κ3) is 3.32. The van der Waals surface area contributed by atoms with E-state index in [-0.39, 0.29) is 17.5 Å². The summed E-state index contributed by atoms with van der Waals surface area (Å²) < 4.78 is 5.72. The Morgan fingerprint density at radius 1 is 1.00 bits per heavy atom. The molecule has 140 valence electrons. The fourth-order valence-electron chi connectivity index (χ4n) is 3.33. The quantitative estimate of drug-likeness (QED) is 0.762. The number of rotatable bonds is 4. The van der Waals surface area contributed by atoms with Gasteiger partial charge >= 0.3 is 0 Å². The predicted molar refractivity (Wildman–Crippen MR) is 106 cm³/mol. The van der Waals surface area contributed by atoms with Crippen LogP contribution in [0, 0.1) is 0 Å². The van der Waals surface area contributed by atoms with E-state index in [4.69, 9.17) is 4.74 Å². The maximum absolute atomic E-state index is 13.2. The van der Waals surface area contributed by atoms with Gasteiger partial charge in [-0.05, 0) is 35.9 Å². The van der Waals surface area contributed by atoms with Crippen molar-refractivity contribution < 1.29 is 14.3 Å². The van der Waals surface area contributed by atoms with E-state index < -0.39 is 6.04 Å². The smallest absolute Gasteiger partial charge is 0.277 e. The van der Waals surface area contributed by atoms with Crippen molar-refractivity contribution in [2.75, 3.05) is 11.9 Å². The average Bonchev–Trinajstić information content (AvgIpc) is 3.13. The van der Waals surface area contributed by atoms with Gasteiger partial charge in [-0.3, -0.25) is 14.5 Å². The monoisotopic (exact) mass is 373 g/mol. The van der Waals surface area contributed by atoms with E-state index in [2.05, 4.69) is 10.3 Å². The SMILES string of the molecule is CNC(=O)C1Cc2ccccc2N1C(=O)c1ccc(Oc2ccccc2)cn1. The maximum atomic E-state index is 13.2. The zero-order chi connectivity index (χ0) is 19.5. The summed E-state index contributed by atoms with van der Waals surface area (Å²) in [5, 5.41) is 2.64. The molecular weight excluding hydrogens is 354 g/mol. The van der Waals surface area contributed by atoms with Crippen molar-refractivity contribution >= 4 is 17.5 Å². The number of anilines is 1. The number of nitrogens with zero attached hydrogens (tertiary/aromatic N) is 2. The first-order chi connectivity index (χ1) is 13.7. The highest BCUT2D eigenvalue weighted by Gasteiger charge is 2.38. The lowest BCUT2D eigenvalue weighted by atomic mass is 10.1. The number of benzene rings is 2. The van der Waals surface area contributed by atoms with Crippen molar-refractivity contribution in [3.8, 4) is 11.5 Å². The zero-order valence-corrected chi connectivity index (χ0v) is 15.3. The highest BCUT2D eigenvalue weighted by atomic mass is 16.5. The van der Waals surface area contributed by atoms with E-state index in [1.54, 1.807) is 19.2 Å². The van der Waals surface area contributed by atoms with Crippen molar-refractivity contribution in [1.29, 1.82) is 0 Å². The van der Waals surface area contributed by atoms with E-state index in [0.29, 0.717) is 17.9 Å². The average molecular weight is 373 g/mol. The van der Waals surface area contributed by atoms with E-state index >= 15 is 0 Å². The first kappa shape index (κ1) is 17.7. The number of pyridine rings is 1. The lowest BCUT2D eigenvalue weighted by Gasteiger charge is -2.24. The summed E-state index contributed by atoms with van der Waals surface area (Å²) >= 11 is 0. The molecule has 0 saturated carbocycles. The molecule has 28 heavy (non-hydrogen) atoms. The number of hydrogen-bond acceptors (Lipinski definition) is 4. The molecule has 1 aromatic heterocycles. The number of likely N-dealkylation sites (N-methyl/N-ethyl adjacent to an activating group) is 1. The lowest BCUT2D eigenvalue weighted by molar-refractivity contribution is -0.121. The van der Waals surface area contributed by atoms with Crippen molar-refractivity contribution in [3.63, 3.8) is 0 Å². The molecule has 0 fully saturated rings. The van der Waals surface area contributed by atoms with Crippen LogP contribution < -0.4 is 15.0 Å². The molecule has 3 aromatic rings. The Labute approximate surface area is 162 Å². The number of amides is 2. The van der Waals surface area contributed by atoms with Gasteiger partial charge in [-0.2, -0.15) is 0 Å². The molecular formula is C22H19N3O3. The molecule has 0 aliphatic carbocycles. The molecule has 0 bridgehead atoms. The fraction of sp³-hybridized carbons (Fsp3) is 0.136. The summed E-state index contributed by atoms with van der Waals surface area (Å²) in [5.74, 6) is 0.711. The van der Waals surface area contributed by atoms with Crippen LogP contribution in [-0.2, 0) is 11.2 Å². The third-order valence-corrected chi connectivity index (χ3v) is 4.68. The van der Waals surface area contributed by atoms with Crippen LogP contribution in [0.25, 0.3) is 0 Å². The van der Waals surface area contributed by atoms with Gasteiger partial charge in [0.2, 0.25) is 5.91 Å². The van der Waals surface area contributed by atoms with Gasteiger partial charge in [0.25, 0.3) is 5.91 Å². The van der Waals surface area contributed by atoms with Crippen LogP contribution in [-0.4, -0.2) is 29.9 Å². The van der Waals surface area contributed by atoms with Crippen LogP contribution in [0.5, 0.6) is 11.5 Å². The van der Waals surface area contributed by atoms with Gasteiger partial charge in [-0.15, -0.1) is 0 Å². The van der Waals surface area contributed by atoms with Gasteiger partial charge in [0.15, 0.2) is 0 Å². The van der Waals surface area contributed by atoms with Gasteiger partial charge in [0.1, 0.15) is 23.2 Å². The Morgan fingerprint density at radius 3 is 2.46 bits per heavy atom. The van der Waals surface area contributed by atoms with Gasteiger partial charge in [0, 0.05) is 19.2 Å². The number of carbonyl (C=O) groups excluding carboxylic acids is 2. The molecule has 2 heterocycles.